The maximum Gasteiger partial charge on any atom is 0.320 e. The summed E-state index contributed by atoms with van der Waals surface area (Å²) in [6.45, 7) is 4.20. The zero-order chi connectivity index (χ0) is 34.6. The van der Waals surface area contributed by atoms with Crippen LogP contribution in [-0.2, 0) is 23.0 Å². The Morgan fingerprint density at radius 1 is 1.26 bits per heavy atom. The fraction of sp³-hybridized carbons (Fsp3) is 0.514. The van der Waals surface area contributed by atoms with E-state index in [0.717, 1.165) is 86.1 Å². The van der Waals surface area contributed by atoms with E-state index < -0.39 is 5.41 Å². The molecule has 0 saturated carbocycles. The number of nitrogen functional groups attached to an aromatic ring is 1. The number of pyridine rings is 1. The molecule has 4 N–H and O–H groups in total. The highest BCUT2D eigenvalue weighted by atomic mass is 35.5. The number of hydrogen-bond donors (Lipinski definition) is 3. The molecule has 2 saturated heterocycles. The van der Waals surface area contributed by atoms with Gasteiger partial charge < -0.3 is 25.0 Å². The van der Waals surface area contributed by atoms with E-state index in [4.69, 9.17) is 36.3 Å². The maximum absolute atomic E-state index is 12.7. The number of likely N-dealkylation sites (N-methyl/N-ethyl adjacent to an activating group) is 1. The van der Waals surface area contributed by atoms with Crippen LogP contribution >= 0.6 is 22.9 Å². The topological polar surface area (TPSA) is 169 Å². The molecule has 262 valence electrons. The minimum atomic E-state index is -0.482. The van der Waals surface area contributed by atoms with Gasteiger partial charge in [-0.1, -0.05) is 16.8 Å². The molecule has 6 heterocycles. The Bertz CT molecular complexity index is 1970. The molecular formula is C35H40ClN9O4S. The minimum Gasteiger partial charge on any atom is -0.473 e. The van der Waals surface area contributed by atoms with Gasteiger partial charge in [0.2, 0.25) is 5.88 Å². The van der Waals surface area contributed by atoms with Crippen molar-refractivity contribution >= 4 is 39.8 Å². The summed E-state index contributed by atoms with van der Waals surface area (Å²) < 4.78 is 19.8. The summed E-state index contributed by atoms with van der Waals surface area (Å²) >= 11 is 8.75. The number of carbonyl (C=O) groups is 1. The first kappa shape index (κ1) is 33.0. The number of likely N-dealkylation sites (tertiary alicyclic amines) is 1. The number of thiophene rings is 1. The van der Waals surface area contributed by atoms with Gasteiger partial charge >= 0.3 is 6.03 Å². The monoisotopic (exact) mass is 717 g/mol. The standard InChI is InChI=1S/C35H40ClN9O4S/c1-19(23-7-5-13-44(23)2)48-27-16-24(45-14-9-26(42-45)40-34(46)39-20-10-15-47-18-20)29(36)31(41-27)30-21-6-3-11-35(32(21)49-43-30)12-4-8-25-28(35)22(17-37)33(38)50-25/h9,14,16,19-20,23H,3-8,10-13,15,18,38H2,1-2H3,(H2,39,40,42,46)/t19-,20-,23-,35?/m0/s1. The number of urea groups is 1. The van der Waals surface area contributed by atoms with Crippen LogP contribution in [0.3, 0.4) is 0 Å². The molecule has 8 rings (SSSR count). The number of amides is 2. The Hall–Kier alpha value is -4.16. The van der Waals surface area contributed by atoms with Crippen LogP contribution in [0.2, 0.25) is 5.02 Å². The summed E-state index contributed by atoms with van der Waals surface area (Å²) in [7, 11) is 2.12. The van der Waals surface area contributed by atoms with E-state index in [9.17, 15) is 10.1 Å². The highest BCUT2D eigenvalue weighted by Gasteiger charge is 2.49. The Balaban J connectivity index is 1.19. The minimum absolute atomic E-state index is 0.0359. The Labute approximate surface area is 299 Å². The van der Waals surface area contributed by atoms with Gasteiger partial charge in [-0.05, 0) is 83.9 Å². The SMILES string of the molecule is C[C@H](Oc1cc(-n2ccc(NC(=O)N[C@H]3CCOC3)n2)c(Cl)c(-c2noc3c2CCCC32CCCc3sc(N)c(C#N)c32)n1)[C@@H]1CCCN1C. The largest absolute Gasteiger partial charge is 0.473 e. The van der Waals surface area contributed by atoms with Gasteiger partial charge in [-0.3, -0.25) is 10.2 Å². The number of nitriles is 1. The average Bonchev–Trinajstić information content (AvgIpc) is 3.94. The van der Waals surface area contributed by atoms with E-state index >= 15 is 0 Å². The van der Waals surface area contributed by atoms with Crippen molar-refractivity contribution in [2.24, 2.45) is 0 Å². The van der Waals surface area contributed by atoms with Crippen molar-refractivity contribution in [2.45, 2.75) is 88.3 Å². The van der Waals surface area contributed by atoms with Crippen LogP contribution < -0.4 is 21.1 Å². The van der Waals surface area contributed by atoms with Crippen molar-refractivity contribution in [1.82, 2.24) is 30.1 Å². The van der Waals surface area contributed by atoms with Crippen molar-refractivity contribution < 1.29 is 18.8 Å². The number of nitrogens with zero attached hydrogens (tertiary/aromatic N) is 6. The number of halogens is 1. The van der Waals surface area contributed by atoms with E-state index in [-0.39, 0.29) is 24.2 Å². The first-order chi connectivity index (χ1) is 24.3. The molecule has 0 aromatic carbocycles. The molecule has 4 aliphatic rings. The van der Waals surface area contributed by atoms with Gasteiger partial charge in [0.25, 0.3) is 0 Å². The van der Waals surface area contributed by atoms with Gasteiger partial charge in [-0.15, -0.1) is 16.4 Å². The van der Waals surface area contributed by atoms with Crippen LogP contribution in [-0.4, -0.2) is 75.8 Å². The maximum atomic E-state index is 12.7. The number of ether oxygens (including phenoxy) is 2. The molecule has 4 aromatic rings. The fourth-order valence-electron chi connectivity index (χ4n) is 8.41. The van der Waals surface area contributed by atoms with E-state index in [2.05, 4.69) is 45.8 Å². The van der Waals surface area contributed by atoms with E-state index in [1.807, 2.05) is 0 Å². The number of nitrogens with one attached hydrogen (secondary N) is 2. The van der Waals surface area contributed by atoms with Gasteiger partial charge in [0.1, 0.15) is 28.6 Å². The number of nitrogens with two attached hydrogens (primary N) is 1. The number of aromatic nitrogens is 4. The molecule has 2 aliphatic carbocycles. The number of fused-ring (bicyclic) bond motifs is 4. The van der Waals surface area contributed by atoms with Crippen LogP contribution in [0.1, 0.15) is 79.2 Å². The zero-order valence-electron chi connectivity index (χ0n) is 28.1. The number of anilines is 2. The molecule has 50 heavy (non-hydrogen) atoms. The smallest absolute Gasteiger partial charge is 0.320 e. The van der Waals surface area contributed by atoms with Crippen molar-refractivity contribution in [3.05, 3.63) is 50.7 Å². The molecule has 0 radical (unpaired) electrons. The van der Waals surface area contributed by atoms with Crippen LogP contribution in [0.15, 0.2) is 22.9 Å². The van der Waals surface area contributed by atoms with Crippen molar-refractivity contribution in [1.29, 1.82) is 5.26 Å². The summed E-state index contributed by atoms with van der Waals surface area (Å²) in [5, 5.41) is 26.0. The van der Waals surface area contributed by atoms with Crippen LogP contribution in [0.4, 0.5) is 15.6 Å². The molecule has 4 aromatic heterocycles. The Morgan fingerprint density at radius 2 is 2.10 bits per heavy atom. The highest BCUT2D eigenvalue weighted by molar-refractivity contribution is 7.16. The van der Waals surface area contributed by atoms with Crippen molar-refractivity contribution in [2.75, 3.05) is 37.9 Å². The molecule has 2 aliphatic heterocycles. The van der Waals surface area contributed by atoms with Gasteiger partial charge in [-0.2, -0.15) is 5.26 Å². The van der Waals surface area contributed by atoms with E-state index in [1.54, 1.807) is 23.0 Å². The summed E-state index contributed by atoms with van der Waals surface area (Å²) in [5.41, 5.74) is 9.90. The number of aryl methyl sites for hydroxylation is 1. The second-order valence-corrected chi connectivity index (χ2v) is 15.4. The molecular weight excluding hydrogens is 678 g/mol. The summed E-state index contributed by atoms with van der Waals surface area (Å²) in [5.74, 6) is 1.51. The van der Waals surface area contributed by atoms with Gasteiger partial charge in [0.15, 0.2) is 11.6 Å². The molecule has 1 unspecified atom stereocenters. The third-order valence-corrected chi connectivity index (χ3v) is 12.2. The second kappa shape index (κ2) is 13.2. The lowest BCUT2D eigenvalue weighted by atomic mass is 9.63. The first-order valence-electron chi connectivity index (χ1n) is 17.4. The van der Waals surface area contributed by atoms with Gasteiger partial charge in [0.05, 0.1) is 34.3 Å². The summed E-state index contributed by atoms with van der Waals surface area (Å²) in [6, 6.07) is 5.73. The van der Waals surface area contributed by atoms with Crippen molar-refractivity contribution in [3.63, 3.8) is 0 Å². The number of rotatable bonds is 7. The molecule has 2 amide bonds. The second-order valence-electron chi connectivity index (χ2n) is 13.8. The Morgan fingerprint density at radius 3 is 2.86 bits per heavy atom. The van der Waals surface area contributed by atoms with Gasteiger partial charge in [-0.25, -0.2) is 14.5 Å². The normalized spacial score (nSPS) is 23.7. The van der Waals surface area contributed by atoms with Gasteiger partial charge in [0, 0.05) is 41.4 Å². The lowest BCUT2D eigenvalue weighted by molar-refractivity contribution is 0.117. The quantitative estimate of drug-likeness (QED) is 0.212. The summed E-state index contributed by atoms with van der Waals surface area (Å²) in [6.07, 6.45) is 9.68. The van der Waals surface area contributed by atoms with Crippen LogP contribution in [0.25, 0.3) is 17.1 Å². The number of carbonyl (C=O) groups excluding carboxylic acids is 1. The van der Waals surface area contributed by atoms with Crippen molar-refractivity contribution in [3.8, 4) is 29.0 Å². The molecule has 1 spiro atoms. The third kappa shape index (κ3) is 5.70. The number of hydrogen-bond acceptors (Lipinski definition) is 11. The predicted octanol–water partition coefficient (Wildman–Crippen LogP) is 5.82. The predicted molar refractivity (Wildman–Crippen MR) is 189 cm³/mol. The first-order valence-corrected chi connectivity index (χ1v) is 18.5. The highest BCUT2D eigenvalue weighted by Crippen LogP contribution is 2.55. The zero-order valence-corrected chi connectivity index (χ0v) is 29.7. The molecule has 0 bridgehead atoms. The molecule has 2 fully saturated rings. The average molecular weight is 718 g/mol. The van der Waals surface area contributed by atoms with E-state index in [1.165, 1.54) is 11.3 Å². The molecule has 13 nitrogen and oxygen atoms in total. The lowest BCUT2D eigenvalue weighted by Gasteiger charge is -2.39. The van der Waals surface area contributed by atoms with Crippen LogP contribution in [0.5, 0.6) is 5.88 Å². The molecule has 15 heteroatoms. The van der Waals surface area contributed by atoms with E-state index in [0.29, 0.717) is 57.6 Å². The lowest BCUT2D eigenvalue weighted by Crippen LogP contribution is -2.38. The van der Waals surface area contributed by atoms with Crippen LogP contribution in [0, 0.1) is 11.3 Å². The fourth-order valence-corrected chi connectivity index (χ4v) is 9.85. The Kier molecular flexibility index (Phi) is 8.71. The molecule has 4 atom stereocenters. The third-order valence-electron chi connectivity index (χ3n) is 10.8. The summed E-state index contributed by atoms with van der Waals surface area (Å²) in [4.78, 5) is 21.1.